The van der Waals surface area contributed by atoms with Crippen LogP contribution in [-0.4, -0.2) is 40.6 Å². The minimum Gasteiger partial charge on any atom is -0.497 e. The summed E-state index contributed by atoms with van der Waals surface area (Å²) in [5.41, 5.74) is 2.66. The van der Waals surface area contributed by atoms with Crippen molar-refractivity contribution in [3.63, 3.8) is 0 Å². The average Bonchev–Trinajstić information content (AvgIpc) is 3.28. The number of nitrogens with one attached hydrogen (secondary N) is 2. The lowest BCUT2D eigenvalue weighted by Crippen LogP contribution is -2.31. The van der Waals surface area contributed by atoms with Gasteiger partial charge >= 0.3 is 5.97 Å². The maximum absolute atomic E-state index is 13.1. The standard InChI is InChI=1S/C21H24N4O4/c1-12-16(21(27)29-5)13(2)23-17(12)20(26)24-18(19-22-10-11-25(19)3)14-6-8-15(28-4)9-7-14/h6-11,18,23H,1-5H3,(H,24,26). The summed E-state index contributed by atoms with van der Waals surface area (Å²) >= 11 is 0. The second-order valence-corrected chi connectivity index (χ2v) is 6.69. The Morgan fingerprint density at radius 2 is 1.86 bits per heavy atom. The number of hydrogen-bond acceptors (Lipinski definition) is 5. The van der Waals surface area contributed by atoms with Crippen LogP contribution in [0.1, 0.15) is 49.5 Å². The van der Waals surface area contributed by atoms with Crippen molar-refractivity contribution < 1.29 is 19.1 Å². The number of aryl methyl sites for hydroxylation is 2. The van der Waals surface area contributed by atoms with Crippen molar-refractivity contribution in [1.29, 1.82) is 0 Å². The predicted octanol–water partition coefficient (Wildman–Crippen LogP) is 2.68. The first-order chi connectivity index (χ1) is 13.9. The van der Waals surface area contributed by atoms with Crippen molar-refractivity contribution in [2.75, 3.05) is 14.2 Å². The molecule has 152 valence electrons. The molecule has 0 bridgehead atoms. The highest BCUT2D eigenvalue weighted by molar-refractivity contribution is 6.00. The lowest BCUT2D eigenvalue weighted by molar-refractivity contribution is 0.0599. The molecule has 0 radical (unpaired) electrons. The van der Waals surface area contributed by atoms with E-state index < -0.39 is 12.0 Å². The Bertz CT molecular complexity index is 1030. The fourth-order valence-electron chi connectivity index (χ4n) is 3.34. The Labute approximate surface area is 168 Å². The number of aromatic amines is 1. The molecule has 3 aromatic rings. The van der Waals surface area contributed by atoms with Crippen LogP contribution in [-0.2, 0) is 11.8 Å². The van der Waals surface area contributed by atoms with Crippen LogP contribution in [0, 0.1) is 13.8 Å². The van der Waals surface area contributed by atoms with E-state index in [1.165, 1.54) is 7.11 Å². The highest BCUT2D eigenvalue weighted by atomic mass is 16.5. The van der Waals surface area contributed by atoms with Crippen molar-refractivity contribution in [2.45, 2.75) is 19.9 Å². The molecule has 0 saturated heterocycles. The number of carbonyl (C=O) groups is 2. The number of methoxy groups -OCH3 is 2. The van der Waals surface area contributed by atoms with Crippen molar-refractivity contribution in [3.8, 4) is 5.75 Å². The largest absolute Gasteiger partial charge is 0.497 e. The molecule has 2 aromatic heterocycles. The number of amides is 1. The highest BCUT2D eigenvalue weighted by Gasteiger charge is 2.26. The molecular formula is C21H24N4O4. The number of imidazole rings is 1. The van der Waals surface area contributed by atoms with E-state index in [1.807, 2.05) is 42.1 Å². The smallest absolute Gasteiger partial charge is 0.339 e. The minimum atomic E-state index is -0.488. The molecule has 8 nitrogen and oxygen atoms in total. The first-order valence-corrected chi connectivity index (χ1v) is 9.06. The van der Waals surface area contributed by atoms with Crippen LogP contribution in [0.2, 0.25) is 0 Å². The van der Waals surface area contributed by atoms with Gasteiger partial charge in [-0.2, -0.15) is 0 Å². The van der Waals surface area contributed by atoms with Gasteiger partial charge in [-0.25, -0.2) is 9.78 Å². The van der Waals surface area contributed by atoms with Crippen LogP contribution < -0.4 is 10.1 Å². The summed E-state index contributed by atoms with van der Waals surface area (Å²) in [6.45, 7) is 3.45. The summed E-state index contributed by atoms with van der Waals surface area (Å²) in [5.74, 6) is 0.575. The molecule has 0 saturated carbocycles. The molecule has 2 heterocycles. The number of ether oxygens (including phenoxy) is 2. The van der Waals surface area contributed by atoms with Crippen LogP contribution in [0.25, 0.3) is 0 Å². The molecule has 3 rings (SSSR count). The van der Waals surface area contributed by atoms with Gasteiger partial charge in [-0.3, -0.25) is 4.79 Å². The van der Waals surface area contributed by atoms with Crippen molar-refractivity contribution in [1.82, 2.24) is 19.9 Å². The Hall–Kier alpha value is -3.55. The van der Waals surface area contributed by atoms with Gasteiger partial charge in [-0.1, -0.05) is 12.1 Å². The number of carbonyl (C=O) groups excluding carboxylic acids is 2. The zero-order valence-electron chi connectivity index (χ0n) is 17.1. The summed E-state index contributed by atoms with van der Waals surface area (Å²) in [4.78, 5) is 32.5. The second-order valence-electron chi connectivity index (χ2n) is 6.69. The van der Waals surface area contributed by atoms with Gasteiger partial charge in [-0.15, -0.1) is 0 Å². The highest BCUT2D eigenvalue weighted by Crippen LogP contribution is 2.25. The molecule has 1 unspecified atom stereocenters. The van der Waals surface area contributed by atoms with Crippen molar-refractivity contribution >= 4 is 11.9 Å². The molecular weight excluding hydrogens is 372 g/mol. The zero-order chi connectivity index (χ0) is 21.1. The summed E-state index contributed by atoms with van der Waals surface area (Å²) in [5, 5.41) is 3.02. The molecule has 8 heteroatoms. The van der Waals surface area contributed by atoms with Gasteiger partial charge < -0.3 is 24.3 Å². The lowest BCUT2D eigenvalue weighted by Gasteiger charge is -2.19. The number of rotatable bonds is 6. The summed E-state index contributed by atoms with van der Waals surface area (Å²) < 4.78 is 11.9. The summed E-state index contributed by atoms with van der Waals surface area (Å²) in [7, 11) is 4.78. The molecule has 0 spiro atoms. The third kappa shape index (κ3) is 3.87. The van der Waals surface area contributed by atoms with Crippen LogP contribution in [0.5, 0.6) is 5.75 Å². The number of H-pyrrole nitrogens is 1. The molecule has 0 aliphatic heterocycles. The molecule has 1 atom stereocenters. The maximum Gasteiger partial charge on any atom is 0.339 e. The molecule has 1 aromatic carbocycles. The molecule has 0 aliphatic carbocycles. The van der Waals surface area contributed by atoms with E-state index in [0.29, 0.717) is 28.3 Å². The molecule has 1 amide bonds. The topological polar surface area (TPSA) is 98.2 Å². The molecule has 0 aliphatic rings. The van der Waals surface area contributed by atoms with Crippen molar-refractivity contribution in [3.05, 3.63) is 70.6 Å². The monoisotopic (exact) mass is 396 g/mol. The molecule has 0 fully saturated rings. The van der Waals surface area contributed by atoms with Gasteiger partial charge in [0.25, 0.3) is 5.91 Å². The van der Waals surface area contributed by atoms with Crippen LogP contribution in [0.15, 0.2) is 36.7 Å². The number of nitrogens with zero attached hydrogens (tertiary/aromatic N) is 2. The number of aromatic nitrogens is 3. The average molecular weight is 396 g/mol. The van der Waals surface area contributed by atoms with Gasteiger partial charge in [0.1, 0.15) is 23.3 Å². The van der Waals surface area contributed by atoms with Gasteiger partial charge in [-0.05, 0) is 37.1 Å². The Morgan fingerprint density at radius 1 is 1.17 bits per heavy atom. The van der Waals surface area contributed by atoms with E-state index in [0.717, 1.165) is 11.3 Å². The Kier molecular flexibility index (Phi) is 5.72. The van der Waals surface area contributed by atoms with Gasteiger partial charge in [0.05, 0.1) is 19.8 Å². The number of esters is 1. The lowest BCUT2D eigenvalue weighted by atomic mass is 10.0. The molecule has 29 heavy (non-hydrogen) atoms. The van der Waals surface area contributed by atoms with E-state index in [2.05, 4.69) is 15.3 Å². The number of benzene rings is 1. The quantitative estimate of drug-likeness (QED) is 0.624. The minimum absolute atomic E-state index is 0.315. The first-order valence-electron chi connectivity index (χ1n) is 9.06. The predicted molar refractivity (Wildman–Crippen MR) is 107 cm³/mol. The fraction of sp³-hybridized carbons (Fsp3) is 0.286. The van der Waals surface area contributed by atoms with E-state index in [1.54, 1.807) is 27.2 Å². The van der Waals surface area contributed by atoms with E-state index in [-0.39, 0.29) is 5.91 Å². The van der Waals surface area contributed by atoms with Crippen LogP contribution >= 0.6 is 0 Å². The zero-order valence-corrected chi connectivity index (χ0v) is 17.1. The normalized spacial score (nSPS) is 11.8. The summed E-state index contributed by atoms with van der Waals surface area (Å²) in [6, 6.07) is 6.93. The summed E-state index contributed by atoms with van der Waals surface area (Å²) in [6.07, 6.45) is 3.49. The van der Waals surface area contributed by atoms with Gasteiger partial charge in [0.2, 0.25) is 0 Å². The van der Waals surface area contributed by atoms with E-state index >= 15 is 0 Å². The van der Waals surface area contributed by atoms with Crippen molar-refractivity contribution in [2.24, 2.45) is 7.05 Å². The molecule has 2 N–H and O–H groups in total. The maximum atomic E-state index is 13.1. The van der Waals surface area contributed by atoms with Gasteiger partial charge in [0.15, 0.2) is 0 Å². The van der Waals surface area contributed by atoms with Gasteiger partial charge in [0, 0.05) is 25.1 Å². The van der Waals surface area contributed by atoms with E-state index in [9.17, 15) is 9.59 Å². The Morgan fingerprint density at radius 3 is 2.41 bits per heavy atom. The van der Waals surface area contributed by atoms with Crippen LogP contribution in [0.3, 0.4) is 0 Å². The third-order valence-electron chi connectivity index (χ3n) is 4.90. The first kappa shape index (κ1) is 20.2. The van der Waals surface area contributed by atoms with E-state index in [4.69, 9.17) is 9.47 Å². The third-order valence-corrected chi connectivity index (χ3v) is 4.90. The number of hydrogen-bond donors (Lipinski definition) is 2. The fourth-order valence-corrected chi connectivity index (χ4v) is 3.34. The van der Waals surface area contributed by atoms with Crippen LogP contribution in [0.4, 0.5) is 0 Å². The Balaban J connectivity index is 1.97. The SMILES string of the molecule is COC(=O)c1c(C)[nH]c(C(=O)NC(c2ccc(OC)cc2)c2nccn2C)c1C. The second kappa shape index (κ2) is 8.22.